The number of aromatic nitrogens is 2. The molecule has 0 atom stereocenters. The van der Waals surface area contributed by atoms with E-state index in [0.29, 0.717) is 11.4 Å². The van der Waals surface area contributed by atoms with Gasteiger partial charge in [-0.1, -0.05) is 31.2 Å². The van der Waals surface area contributed by atoms with Crippen molar-refractivity contribution in [2.24, 2.45) is 5.92 Å². The van der Waals surface area contributed by atoms with Gasteiger partial charge in [-0.15, -0.1) is 5.10 Å². The van der Waals surface area contributed by atoms with E-state index in [1.165, 1.54) is 6.42 Å². The highest BCUT2D eigenvalue weighted by Crippen LogP contribution is 2.33. The summed E-state index contributed by atoms with van der Waals surface area (Å²) < 4.78 is 3.86. The Bertz CT molecular complexity index is 467. The number of hydrogen-bond acceptors (Lipinski definition) is 5. The maximum atomic E-state index is 12.2. The van der Waals surface area contributed by atoms with Crippen LogP contribution in [0, 0.1) is 5.92 Å². The van der Waals surface area contributed by atoms with Crippen molar-refractivity contribution < 1.29 is 9.90 Å². The highest BCUT2D eigenvalue weighted by Gasteiger charge is 2.33. The van der Waals surface area contributed by atoms with Crippen LogP contribution in [-0.4, -0.2) is 32.7 Å². The first-order chi connectivity index (χ1) is 10.1. The van der Waals surface area contributed by atoms with Crippen LogP contribution in [0.3, 0.4) is 0 Å². The van der Waals surface area contributed by atoms with Crippen LogP contribution in [0.4, 0.5) is 0 Å². The van der Waals surface area contributed by atoms with Crippen molar-refractivity contribution in [2.75, 3.05) is 6.54 Å². The first kappa shape index (κ1) is 16.4. The van der Waals surface area contributed by atoms with Gasteiger partial charge in [0.05, 0.1) is 11.3 Å². The number of aliphatic hydroxyl groups is 1. The zero-order valence-electron chi connectivity index (χ0n) is 12.9. The highest BCUT2D eigenvalue weighted by atomic mass is 32.1. The third-order valence-electron chi connectivity index (χ3n) is 4.44. The van der Waals surface area contributed by atoms with Gasteiger partial charge >= 0.3 is 0 Å². The molecular formula is C15H25N3O2S. The van der Waals surface area contributed by atoms with E-state index < -0.39 is 5.60 Å². The molecule has 1 aromatic heterocycles. The molecular weight excluding hydrogens is 286 g/mol. The van der Waals surface area contributed by atoms with Crippen molar-refractivity contribution in [3.8, 4) is 0 Å². The lowest BCUT2D eigenvalue weighted by Crippen LogP contribution is -2.45. The standard InChI is InChI=1S/C15H25N3O2S/c1-3-5-12-13(21-18-17-12)14(19)16-10-15(20)8-6-11(4-2)7-9-15/h11,20H,3-10H2,1-2H3,(H,16,19). The van der Waals surface area contributed by atoms with Gasteiger partial charge in [0.15, 0.2) is 0 Å². The van der Waals surface area contributed by atoms with Gasteiger partial charge in [0.25, 0.3) is 5.91 Å². The van der Waals surface area contributed by atoms with Gasteiger partial charge in [0.1, 0.15) is 4.88 Å². The van der Waals surface area contributed by atoms with E-state index >= 15 is 0 Å². The molecule has 1 aliphatic rings. The number of carbonyl (C=O) groups is 1. The lowest BCUT2D eigenvalue weighted by molar-refractivity contribution is -0.00784. The Morgan fingerprint density at radius 3 is 2.76 bits per heavy atom. The van der Waals surface area contributed by atoms with Crippen LogP contribution in [-0.2, 0) is 6.42 Å². The van der Waals surface area contributed by atoms with Gasteiger partial charge < -0.3 is 10.4 Å². The molecule has 1 saturated carbocycles. The van der Waals surface area contributed by atoms with E-state index in [9.17, 15) is 9.90 Å². The molecule has 2 rings (SSSR count). The minimum atomic E-state index is -0.746. The molecule has 0 radical (unpaired) electrons. The molecule has 21 heavy (non-hydrogen) atoms. The topological polar surface area (TPSA) is 75.1 Å². The average Bonchev–Trinajstić information content (AvgIpc) is 2.95. The normalized spacial score (nSPS) is 25.8. The summed E-state index contributed by atoms with van der Waals surface area (Å²) in [4.78, 5) is 12.8. The largest absolute Gasteiger partial charge is 0.388 e. The molecule has 5 nitrogen and oxygen atoms in total. The summed E-state index contributed by atoms with van der Waals surface area (Å²) in [5.41, 5.74) is 0.0198. The smallest absolute Gasteiger partial charge is 0.265 e. The lowest BCUT2D eigenvalue weighted by atomic mass is 9.78. The van der Waals surface area contributed by atoms with Crippen LogP contribution >= 0.6 is 11.5 Å². The zero-order valence-corrected chi connectivity index (χ0v) is 13.7. The molecule has 1 aliphatic carbocycles. The van der Waals surface area contributed by atoms with Gasteiger partial charge in [-0.2, -0.15) is 0 Å². The van der Waals surface area contributed by atoms with Crippen LogP contribution in [0.15, 0.2) is 0 Å². The first-order valence-corrected chi connectivity index (χ1v) is 8.67. The average molecular weight is 311 g/mol. The summed E-state index contributed by atoms with van der Waals surface area (Å²) in [5.74, 6) is 0.572. The minimum absolute atomic E-state index is 0.153. The predicted octanol–water partition coefficient (Wildman–Crippen LogP) is 2.55. The van der Waals surface area contributed by atoms with Gasteiger partial charge in [0.2, 0.25) is 0 Å². The van der Waals surface area contributed by atoms with Crippen molar-refractivity contribution >= 4 is 17.4 Å². The van der Waals surface area contributed by atoms with Crippen LogP contribution in [0.2, 0.25) is 0 Å². The molecule has 0 aliphatic heterocycles. The summed E-state index contributed by atoms with van der Waals surface area (Å²) >= 11 is 1.13. The number of rotatable bonds is 6. The fourth-order valence-corrected chi connectivity index (χ4v) is 3.53. The summed E-state index contributed by atoms with van der Waals surface area (Å²) in [5, 5.41) is 17.4. The number of nitrogens with one attached hydrogen (secondary N) is 1. The van der Waals surface area contributed by atoms with Crippen molar-refractivity contribution in [1.82, 2.24) is 14.9 Å². The molecule has 2 N–H and O–H groups in total. The minimum Gasteiger partial charge on any atom is -0.388 e. The van der Waals surface area contributed by atoms with E-state index in [1.54, 1.807) is 0 Å². The lowest BCUT2D eigenvalue weighted by Gasteiger charge is -2.35. The monoisotopic (exact) mass is 311 g/mol. The zero-order chi connectivity index (χ0) is 15.3. The van der Waals surface area contributed by atoms with Crippen molar-refractivity contribution in [3.05, 3.63) is 10.6 Å². The van der Waals surface area contributed by atoms with Gasteiger partial charge in [-0.25, -0.2) is 0 Å². The number of amides is 1. The first-order valence-electron chi connectivity index (χ1n) is 7.89. The molecule has 1 heterocycles. The Morgan fingerprint density at radius 2 is 2.14 bits per heavy atom. The van der Waals surface area contributed by atoms with Crippen LogP contribution in [0.5, 0.6) is 0 Å². The Labute approximate surface area is 130 Å². The molecule has 1 amide bonds. The third-order valence-corrected chi connectivity index (χ3v) is 5.21. The molecule has 0 aromatic carbocycles. The number of carbonyl (C=O) groups excluding carboxylic acids is 1. The number of nitrogens with zero attached hydrogens (tertiary/aromatic N) is 2. The van der Waals surface area contributed by atoms with E-state index in [-0.39, 0.29) is 5.91 Å². The Hall–Kier alpha value is -1.01. The van der Waals surface area contributed by atoms with Crippen LogP contribution in [0.25, 0.3) is 0 Å². The number of hydrogen-bond donors (Lipinski definition) is 2. The summed E-state index contributed by atoms with van der Waals surface area (Å²) in [6.07, 6.45) is 6.52. The molecule has 0 unspecified atom stereocenters. The second kappa shape index (κ2) is 7.31. The van der Waals surface area contributed by atoms with Crippen molar-refractivity contribution in [2.45, 2.75) is 64.4 Å². The molecule has 0 spiro atoms. The Kier molecular flexibility index (Phi) is 5.70. The molecule has 0 bridgehead atoms. The van der Waals surface area contributed by atoms with Gasteiger partial charge in [-0.3, -0.25) is 4.79 Å². The maximum Gasteiger partial charge on any atom is 0.265 e. The SMILES string of the molecule is CCCc1nnsc1C(=O)NCC1(O)CCC(CC)CC1. The fraction of sp³-hybridized carbons (Fsp3) is 0.800. The second-order valence-electron chi connectivity index (χ2n) is 6.06. The van der Waals surface area contributed by atoms with E-state index in [0.717, 1.165) is 61.7 Å². The maximum absolute atomic E-state index is 12.2. The van der Waals surface area contributed by atoms with Crippen LogP contribution < -0.4 is 5.32 Å². The Balaban J connectivity index is 1.87. The van der Waals surface area contributed by atoms with Crippen molar-refractivity contribution in [3.63, 3.8) is 0 Å². The van der Waals surface area contributed by atoms with E-state index in [1.807, 2.05) is 0 Å². The van der Waals surface area contributed by atoms with Gasteiger partial charge in [-0.05, 0) is 49.6 Å². The summed E-state index contributed by atoms with van der Waals surface area (Å²) in [6, 6.07) is 0. The molecule has 0 saturated heterocycles. The quantitative estimate of drug-likeness (QED) is 0.846. The van der Waals surface area contributed by atoms with Crippen LogP contribution in [0.1, 0.15) is 67.7 Å². The number of aryl methyl sites for hydroxylation is 1. The van der Waals surface area contributed by atoms with E-state index in [4.69, 9.17) is 0 Å². The molecule has 1 aromatic rings. The molecule has 1 fully saturated rings. The van der Waals surface area contributed by atoms with Crippen molar-refractivity contribution in [1.29, 1.82) is 0 Å². The van der Waals surface area contributed by atoms with Gasteiger partial charge in [0, 0.05) is 6.54 Å². The molecule has 118 valence electrons. The highest BCUT2D eigenvalue weighted by molar-refractivity contribution is 7.08. The van der Waals surface area contributed by atoms with E-state index in [2.05, 4.69) is 28.8 Å². The Morgan fingerprint density at radius 1 is 1.43 bits per heavy atom. The molecule has 6 heteroatoms. The predicted molar refractivity (Wildman–Crippen MR) is 83.4 cm³/mol. The second-order valence-corrected chi connectivity index (χ2v) is 6.81. The summed E-state index contributed by atoms with van der Waals surface area (Å²) in [7, 11) is 0. The summed E-state index contributed by atoms with van der Waals surface area (Å²) in [6.45, 7) is 4.57. The third kappa shape index (κ3) is 4.23. The fourth-order valence-electron chi connectivity index (χ4n) is 2.91.